The number of hydrogen-bond donors (Lipinski definition) is 3. The third-order valence-electron chi connectivity index (χ3n) is 2.13. The molecule has 0 bridgehead atoms. The molecule has 0 fully saturated rings. The largest absolute Gasteiger partial charge is 0.707 e. The van der Waals surface area contributed by atoms with Crippen molar-refractivity contribution in [2.24, 2.45) is 5.92 Å². The van der Waals surface area contributed by atoms with Gasteiger partial charge in [-0.1, -0.05) is 19.1 Å². The lowest BCUT2D eigenvalue weighted by Crippen LogP contribution is -2.20. The second-order valence-corrected chi connectivity index (χ2v) is 3.53. The van der Waals surface area contributed by atoms with E-state index in [2.05, 4.69) is 4.65 Å². The van der Waals surface area contributed by atoms with Crippen molar-refractivity contribution in [2.45, 2.75) is 13.3 Å². The number of carbonyl (C=O) groups is 1. The lowest BCUT2D eigenvalue weighted by molar-refractivity contribution is -0.141. The van der Waals surface area contributed by atoms with E-state index in [0.717, 1.165) is 5.56 Å². The first-order chi connectivity index (χ1) is 7.49. The van der Waals surface area contributed by atoms with Crippen molar-refractivity contribution in [3.8, 4) is 5.75 Å². The fourth-order valence-corrected chi connectivity index (χ4v) is 1.27. The summed E-state index contributed by atoms with van der Waals surface area (Å²) < 4.78 is 4.62. The van der Waals surface area contributed by atoms with Gasteiger partial charge in [-0.05, 0) is 24.1 Å². The predicted molar refractivity (Wildman–Crippen MR) is 57.8 cm³/mol. The molecule has 6 heteroatoms. The zero-order valence-electron chi connectivity index (χ0n) is 8.83. The van der Waals surface area contributed by atoms with Gasteiger partial charge in [-0.3, -0.25) is 4.79 Å². The Bertz CT molecular complexity index is 349. The summed E-state index contributed by atoms with van der Waals surface area (Å²) in [6.07, 6.45) is 0.428. The van der Waals surface area contributed by atoms with Crippen molar-refractivity contribution in [3.63, 3.8) is 0 Å². The molecular formula is C10H13BO5. The summed E-state index contributed by atoms with van der Waals surface area (Å²) in [6.45, 7) is 1.63. The minimum atomic E-state index is -1.84. The van der Waals surface area contributed by atoms with Crippen LogP contribution in [0.3, 0.4) is 0 Å². The van der Waals surface area contributed by atoms with E-state index < -0.39 is 19.2 Å². The molecule has 1 aromatic rings. The number of benzene rings is 1. The van der Waals surface area contributed by atoms with E-state index in [1.165, 1.54) is 0 Å². The fourth-order valence-electron chi connectivity index (χ4n) is 1.27. The normalized spacial score (nSPS) is 11.9. The number of carboxylic acids is 1. The van der Waals surface area contributed by atoms with Gasteiger partial charge in [0.15, 0.2) is 0 Å². The maximum atomic E-state index is 10.6. The first-order valence-corrected chi connectivity index (χ1v) is 4.83. The summed E-state index contributed by atoms with van der Waals surface area (Å²) in [5.41, 5.74) is 0.856. The molecule has 3 N–H and O–H groups in total. The topological polar surface area (TPSA) is 87.0 Å². The third-order valence-corrected chi connectivity index (χ3v) is 2.13. The molecule has 1 rings (SSSR count). The summed E-state index contributed by atoms with van der Waals surface area (Å²) in [5.74, 6) is -0.969. The first kappa shape index (κ1) is 12.5. The molecule has 16 heavy (non-hydrogen) atoms. The Morgan fingerprint density at radius 2 is 1.94 bits per heavy atom. The SMILES string of the molecule is CC(Cc1ccc(OB(O)O)cc1)C(=O)O. The highest BCUT2D eigenvalue weighted by atomic mass is 16.6. The molecule has 0 aromatic heterocycles. The molecular weight excluding hydrogens is 211 g/mol. The average Bonchev–Trinajstić information content (AvgIpc) is 2.20. The number of aliphatic carboxylic acids is 1. The van der Waals surface area contributed by atoms with Gasteiger partial charge in [-0.2, -0.15) is 0 Å². The van der Waals surface area contributed by atoms with Gasteiger partial charge in [0.25, 0.3) is 0 Å². The molecule has 0 aliphatic rings. The number of rotatable bonds is 5. The van der Waals surface area contributed by atoms with Crippen molar-refractivity contribution in [1.29, 1.82) is 0 Å². The molecule has 1 unspecified atom stereocenters. The minimum absolute atomic E-state index is 0.321. The highest BCUT2D eigenvalue weighted by molar-refractivity contribution is 6.33. The fraction of sp³-hybridized carbons (Fsp3) is 0.300. The van der Waals surface area contributed by atoms with Crippen LogP contribution in [0.1, 0.15) is 12.5 Å². The quantitative estimate of drug-likeness (QED) is 0.626. The zero-order chi connectivity index (χ0) is 12.1. The summed E-state index contributed by atoms with van der Waals surface area (Å²) >= 11 is 0. The molecule has 0 aliphatic heterocycles. The van der Waals surface area contributed by atoms with Gasteiger partial charge in [-0.15, -0.1) is 0 Å². The standard InChI is InChI=1S/C10H13BO5/c1-7(10(12)13)6-8-2-4-9(5-3-8)16-11(14)15/h2-5,7,14-15H,6H2,1H3,(H,12,13). The number of hydrogen-bond acceptors (Lipinski definition) is 4. The van der Waals surface area contributed by atoms with Crippen molar-refractivity contribution in [2.75, 3.05) is 0 Å². The van der Waals surface area contributed by atoms with Gasteiger partial charge in [0.05, 0.1) is 5.92 Å². The third kappa shape index (κ3) is 3.92. The van der Waals surface area contributed by atoms with E-state index in [1.807, 2.05) is 0 Å². The summed E-state index contributed by atoms with van der Waals surface area (Å²) in [7, 11) is -1.84. The van der Waals surface area contributed by atoms with E-state index in [0.29, 0.717) is 12.2 Å². The van der Waals surface area contributed by atoms with E-state index in [1.54, 1.807) is 31.2 Å². The lowest BCUT2D eigenvalue weighted by atomic mass is 10.0. The van der Waals surface area contributed by atoms with Gasteiger partial charge in [0.2, 0.25) is 0 Å². The Hall–Kier alpha value is -1.53. The van der Waals surface area contributed by atoms with Gasteiger partial charge >= 0.3 is 13.3 Å². The maximum absolute atomic E-state index is 10.6. The van der Waals surface area contributed by atoms with Gasteiger partial charge in [0.1, 0.15) is 5.75 Å². The van der Waals surface area contributed by atoms with Crippen LogP contribution in [-0.2, 0) is 11.2 Å². The van der Waals surface area contributed by atoms with Crippen molar-refractivity contribution in [1.82, 2.24) is 0 Å². The van der Waals surface area contributed by atoms with Gasteiger partial charge in [-0.25, -0.2) is 0 Å². The van der Waals surface area contributed by atoms with Crippen molar-refractivity contribution < 1.29 is 24.6 Å². The maximum Gasteiger partial charge on any atom is 0.707 e. The van der Waals surface area contributed by atoms with Crippen molar-refractivity contribution >= 4 is 13.3 Å². The Kier molecular flexibility index (Phi) is 4.33. The molecule has 5 nitrogen and oxygen atoms in total. The van der Waals surface area contributed by atoms with E-state index in [9.17, 15) is 4.79 Å². The van der Waals surface area contributed by atoms with E-state index in [-0.39, 0.29) is 0 Å². The average molecular weight is 224 g/mol. The Labute approximate surface area is 93.5 Å². The molecule has 0 spiro atoms. The summed E-state index contributed by atoms with van der Waals surface area (Å²) in [5, 5.41) is 25.8. The van der Waals surface area contributed by atoms with Crippen LogP contribution in [0.5, 0.6) is 5.75 Å². The minimum Gasteiger partial charge on any atom is -0.512 e. The Morgan fingerprint density at radius 3 is 2.38 bits per heavy atom. The van der Waals surface area contributed by atoms with Crippen LogP contribution in [0, 0.1) is 5.92 Å². The van der Waals surface area contributed by atoms with Crippen LogP contribution < -0.4 is 4.65 Å². The van der Waals surface area contributed by atoms with Crippen LogP contribution in [0.25, 0.3) is 0 Å². The van der Waals surface area contributed by atoms with Gasteiger partial charge < -0.3 is 19.8 Å². The summed E-state index contributed by atoms with van der Waals surface area (Å²) in [6, 6.07) is 6.50. The molecule has 0 saturated carbocycles. The molecule has 0 radical (unpaired) electrons. The second kappa shape index (κ2) is 5.53. The van der Waals surface area contributed by atoms with Crippen LogP contribution in [-0.4, -0.2) is 28.4 Å². The predicted octanol–water partition coefficient (Wildman–Crippen LogP) is 0.298. The van der Waals surface area contributed by atoms with Crippen LogP contribution >= 0.6 is 0 Å². The molecule has 0 amide bonds. The molecule has 0 saturated heterocycles. The van der Waals surface area contributed by atoms with E-state index >= 15 is 0 Å². The van der Waals surface area contributed by atoms with Crippen LogP contribution in [0.2, 0.25) is 0 Å². The molecule has 0 heterocycles. The van der Waals surface area contributed by atoms with Gasteiger partial charge in [0, 0.05) is 0 Å². The monoisotopic (exact) mass is 224 g/mol. The lowest BCUT2D eigenvalue weighted by Gasteiger charge is -2.08. The molecule has 1 aromatic carbocycles. The van der Waals surface area contributed by atoms with Crippen LogP contribution in [0.15, 0.2) is 24.3 Å². The van der Waals surface area contributed by atoms with E-state index in [4.69, 9.17) is 15.2 Å². The molecule has 1 atom stereocenters. The zero-order valence-corrected chi connectivity index (χ0v) is 8.83. The second-order valence-electron chi connectivity index (χ2n) is 3.53. The smallest absolute Gasteiger partial charge is 0.512 e. The number of carboxylic acid groups (broad SMARTS) is 1. The molecule has 86 valence electrons. The first-order valence-electron chi connectivity index (χ1n) is 4.83. The van der Waals surface area contributed by atoms with Crippen molar-refractivity contribution in [3.05, 3.63) is 29.8 Å². The Balaban J connectivity index is 2.61. The van der Waals surface area contributed by atoms with Crippen LogP contribution in [0.4, 0.5) is 0 Å². The highest BCUT2D eigenvalue weighted by Crippen LogP contribution is 2.15. The summed E-state index contributed by atoms with van der Waals surface area (Å²) in [4.78, 5) is 10.6. The highest BCUT2D eigenvalue weighted by Gasteiger charge is 2.13. The Morgan fingerprint density at radius 1 is 1.38 bits per heavy atom. The molecule has 0 aliphatic carbocycles.